The molecule has 0 spiro atoms. The summed E-state index contributed by atoms with van der Waals surface area (Å²) in [5.41, 5.74) is 3.30. The molecule has 3 atom stereocenters. The molecular formula is C24H36N2O2. The number of anilines is 1. The van der Waals surface area contributed by atoms with Gasteiger partial charge in [0.15, 0.2) is 0 Å². The zero-order chi connectivity index (χ0) is 20.4. The van der Waals surface area contributed by atoms with Crippen LogP contribution in [0.25, 0.3) is 0 Å². The van der Waals surface area contributed by atoms with Gasteiger partial charge in [0.05, 0.1) is 11.8 Å². The third kappa shape index (κ3) is 4.26. The molecule has 2 aliphatic rings. The lowest BCUT2D eigenvalue weighted by Gasteiger charge is -2.35. The second-order valence-electron chi connectivity index (χ2n) is 9.15. The van der Waals surface area contributed by atoms with Crippen LogP contribution < -0.4 is 5.32 Å². The zero-order valence-electron chi connectivity index (χ0n) is 18.1. The Morgan fingerprint density at radius 3 is 2.29 bits per heavy atom. The number of carbonyl (C=O) groups excluding carboxylic acids is 2. The summed E-state index contributed by atoms with van der Waals surface area (Å²) in [5, 5.41) is 3.21. The van der Waals surface area contributed by atoms with Crippen LogP contribution in [0.1, 0.15) is 89.7 Å². The van der Waals surface area contributed by atoms with Gasteiger partial charge in [-0.15, -0.1) is 0 Å². The normalized spacial score (nSPS) is 24.5. The largest absolute Gasteiger partial charge is 0.339 e. The average molecular weight is 385 g/mol. The molecule has 28 heavy (non-hydrogen) atoms. The lowest BCUT2D eigenvalue weighted by molar-refractivity contribution is -0.137. The van der Waals surface area contributed by atoms with E-state index in [2.05, 4.69) is 63.0 Å². The van der Waals surface area contributed by atoms with Gasteiger partial charge in [-0.3, -0.25) is 9.59 Å². The summed E-state index contributed by atoms with van der Waals surface area (Å²) in [6, 6.07) is 6.63. The molecule has 3 rings (SSSR count). The average Bonchev–Trinajstić information content (AvgIpc) is 3.48. The van der Waals surface area contributed by atoms with Crippen LogP contribution in [0, 0.1) is 11.8 Å². The monoisotopic (exact) mass is 384 g/mol. The van der Waals surface area contributed by atoms with E-state index in [-0.39, 0.29) is 23.7 Å². The maximum atomic E-state index is 13.0. The number of carbonyl (C=O) groups is 2. The van der Waals surface area contributed by atoms with Gasteiger partial charge < -0.3 is 10.2 Å². The molecule has 1 saturated heterocycles. The molecule has 1 saturated carbocycles. The van der Waals surface area contributed by atoms with E-state index in [1.807, 2.05) is 0 Å². The van der Waals surface area contributed by atoms with Gasteiger partial charge in [-0.25, -0.2) is 0 Å². The first-order chi connectivity index (χ1) is 13.3. The Labute approximate surface area is 170 Å². The van der Waals surface area contributed by atoms with Gasteiger partial charge >= 0.3 is 0 Å². The van der Waals surface area contributed by atoms with Crippen molar-refractivity contribution in [2.24, 2.45) is 11.8 Å². The van der Waals surface area contributed by atoms with Crippen molar-refractivity contribution in [2.45, 2.75) is 84.6 Å². The van der Waals surface area contributed by atoms with Gasteiger partial charge in [-0.2, -0.15) is 0 Å². The van der Waals surface area contributed by atoms with Crippen molar-refractivity contribution in [1.82, 2.24) is 4.90 Å². The highest BCUT2D eigenvalue weighted by atomic mass is 16.2. The molecule has 1 heterocycles. The topological polar surface area (TPSA) is 49.4 Å². The van der Waals surface area contributed by atoms with Gasteiger partial charge in [0.1, 0.15) is 0 Å². The SMILES string of the molecule is CCC1CCCCN1C(=O)C1CC1C(=O)Nc1c(C(C)C)cccc1C(C)C. The molecular weight excluding hydrogens is 348 g/mol. The summed E-state index contributed by atoms with van der Waals surface area (Å²) in [4.78, 5) is 28.0. The predicted octanol–water partition coefficient (Wildman–Crippen LogP) is 5.30. The lowest BCUT2D eigenvalue weighted by Crippen LogP contribution is -2.44. The number of amides is 2. The number of nitrogens with one attached hydrogen (secondary N) is 1. The zero-order valence-corrected chi connectivity index (χ0v) is 18.1. The molecule has 4 nitrogen and oxygen atoms in total. The Morgan fingerprint density at radius 1 is 1.07 bits per heavy atom. The molecule has 1 aromatic rings. The van der Waals surface area contributed by atoms with Crippen molar-refractivity contribution in [3.05, 3.63) is 29.3 Å². The second-order valence-corrected chi connectivity index (χ2v) is 9.15. The van der Waals surface area contributed by atoms with Crippen molar-refractivity contribution in [2.75, 3.05) is 11.9 Å². The quantitative estimate of drug-likeness (QED) is 0.723. The molecule has 2 fully saturated rings. The fourth-order valence-electron chi connectivity index (χ4n) is 4.60. The standard InChI is InChI=1S/C24H36N2O2/c1-6-17-10-7-8-13-26(17)24(28)21-14-20(21)23(27)25-22-18(15(2)3)11-9-12-19(22)16(4)5/h9,11-12,15-17,20-21H,6-8,10,13-14H2,1-5H3,(H,25,27). The fraction of sp³-hybridized carbons (Fsp3) is 0.667. The molecule has 0 aromatic heterocycles. The minimum absolute atomic E-state index is 0.0124. The van der Waals surface area contributed by atoms with E-state index in [0.717, 1.165) is 31.5 Å². The Bertz CT molecular complexity index is 699. The number of rotatable bonds is 6. The Balaban J connectivity index is 1.71. The van der Waals surface area contributed by atoms with Crippen molar-refractivity contribution in [1.29, 1.82) is 0 Å². The fourth-order valence-corrected chi connectivity index (χ4v) is 4.60. The minimum Gasteiger partial charge on any atom is -0.339 e. The summed E-state index contributed by atoms with van der Waals surface area (Å²) in [6.45, 7) is 11.6. The van der Waals surface area contributed by atoms with Crippen LogP contribution in [0.5, 0.6) is 0 Å². The highest BCUT2D eigenvalue weighted by Gasteiger charge is 2.50. The third-order valence-corrected chi connectivity index (χ3v) is 6.45. The van der Waals surface area contributed by atoms with Crippen LogP contribution in [0.2, 0.25) is 0 Å². The number of likely N-dealkylation sites (tertiary alicyclic amines) is 1. The van der Waals surface area contributed by atoms with E-state index in [4.69, 9.17) is 0 Å². The molecule has 0 radical (unpaired) electrons. The number of hydrogen-bond acceptors (Lipinski definition) is 2. The summed E-state index contributed by atoms with van der Waals surface area (Å²) in [5.74, 6) is 0.591. The molecule has 154 valence electrons. The summed E-state index contributed by atoms with van der Waals surface area (Å²) in [7, 11) is 0. The Kier molecular flexibility index (Phi) is 6.47. The van der Waals surface area contributed by atoms with Crippen LogP contribution >= 0.6 is 0 Å². The first-order valence-electron chi connectivity index (χ1n) is 11.1. The first kappa shape index (κ1) is 20.9. The number of hydrogen-bond donors (Lipinski definition) is 1. The molecule has 1 aliphatic heterocycles. The van der Waals surface area contributed by atoms with E-state index in [9.17, 15) is 9.59 Å². The molecule has 1 aliphatic carbocycles. The second kappa shape index (κ2) is 8.67. The van der Waals surface area contributed by atoms with Crippen LogP contribution in [-0.2, 0) is 9.59 Å². The Hall–Kier alpha value is -1.84. The van der Waals surface area contributed by atoms with E-state index in [1.165, 1.54) is 17.5 Å². The predicted molar refractivity (Wildman–Crippen MR) is 114 cm³/mol. The summed E-state index contributed by atoms with van der Waals surface area (Å²) >= 11 is 0. The molecule has 4 heteroatoms. The first-order valence-corrected chi connectivity index (χ1v) is 11.1. The smallest absolute Gasteiger partial charge is 0.228 e. The summed E-state index contributed by atoms with van der Waals surface area (Å²) in [6.07, 6.45) is 5.10. The number of piperidine rings is 1. The lowest BCUT2D eigenvalue weighted by atomic mass is 9.92. The van der Waals surface area contributed by atoms with Gasteiger partial charge in [-0.05, 0) is 55.1 Å². The van der Waals surface area contributed by atoms with Crippen LogP contribution in [0.3, 0.4) is 0 Å². The Morgan fingerprint density at radius 2 is 1.71 bits per heavy atom. The van der Waals surface area contributed by atoms with Crippen molar-refractivity contribution in [3.63, 3.8) is 0 Å². The molecule has 2 amide bonds. The van der Waals surface area contributed by atoms with E-state index in [0.29, 0.717) is 24.3 Å². The molecule has 1 N–H and O–H groups in total. The van der Waals surface area contributed by atoms with E-state index >= 15 is 0 Å². The number of nitrogens with zero attached hydrogens (tertiary/aromatic N) is 1. The van der Waals surface area contributed by atoms with Crippen LogP contribution in [0.15, 0.2) is 18.2 Å². The van der Waals surface area contributed by atoms with Gasteiger partial charge in [0.25, 0.3) is 0 Å². The maximum absolute atomic E-state index is 13.0. The van der Waals surface area contributed by atoms with Crippen LogP contribution in [0.4, 0.5) is 5.69 Å². The van der Waals surface area contributed by atoms with Gasteiger partial charge in [0, 0.05) is 18.3 Å². The van der Waals surface area contributed by atoms with E-state index in [1.54, 1.807) is 0 Å². The molecule has 0 bridgehead atoms. The number of para-hydroxylation sites is 1. The maximum Gasteiger partial charge on any atom is 0.228 e. The highest BCUT2D eigenvalue weighted by Crippen LogP contribution is 2.43. The van der Waals surface area contributed by atoms with Gasteiger partial charge in [-0.1, -0.05) is 52.8 Å². The molecule has 1 aromatic carbocycles. The highest BCUT2D eigenvalue weighted by molar-refractivity contribution is 6.00. The molecule has 3 unspecified atom stereocenters. The van der Waals surface area contributed by atoms with Gasteiger partial charge in [0.2, 0.25) is 11.8 Å². The number of benzene rings is 1. The van der Waals surface area contributed by atoms with Crippen molar-refractivity contribution < 1.29 is 9.59 Å². The van der Waals surface area contributed by atoms with Crippen molar-refractivity contribution in [3.8, 4) is 0 Å². The van der Waals surface area contributed by atoms with E-state index < -0.39 is 0 Å². The van der Waals surface area contributed by atoms with Crippen LogP contribution in [-0.4, -0.2) is 29.3 Å². The van der Waals surface area contributed by atoms with Crippen molar-refractivity contribution >= 4 is 17.5 Å². The summed E-state index contributed by atoms with van der Waals surface area (Å²) < 4.78 is 0. The minimum atomic E-state index is -0.174. The third-order valence-electron chi connectivity index (χ3n) is 6.45.